The number of halogens is 2. The summed E-state index contributed by atoms with van der Waals surface area (Å²) in [6, 6.07) is 5.20. The second-order valence-electron chi connectivity index (χ2n) is 9.52. The van der Waals surface area contributed by atoms with Gasteiger partial charge in [-0.25, -0.2) is 0 Å². The average Bonchev–Trinajstić information content (AvgIpc) is 3.22. The van der Waals surface area contributed by atoms with Crippen LogP contribution >= 0.6 is 23.2 Å². The first-order chi connectivity index (χ1) is 15.3. The van der Waals surface area contributed by atoms with Crippen molar-refractivity contribution >= 4 is 35.0 Å². The molecule has 4 atom stereocenters. The molecule has 2 amide bonds. The molecule has 0 spiro atoms. The summed E-state index contributed by atoms with van der Waals surface area (Å²) in [5.41, 5.74) is 0.516. The van der Waals surface area contributed by atoms with Gasteiger partial charge < -0.3 is 14.5 Å². The molecule has 0 radical (unpaired) electrons. The lowest BCUT2D eigenvalue weighted by atomic mass is 9.95. The van der Waals surface area contributed by atoms with Gasteiger partial charge in [-0.05, 0) is 57.7 Å². The number of piperidine rings is 1. The van der Waals surface area contributed by atoms with Gasteiger partial charge in [0.15, 0.2) is 0 Å². The van der Waals surface area contributed by atoms with Gasteiger partial charge in [0.05, 0.1) is 28.2 Å². The molecule has 1 aromatic carbocycles. The Balaban J connectivity index is 1.38. The zero-order valence-corrected chi connectivity index (χ0v) is 20.4. The molecule has 0 bridgehead atoms. The largest absolute Gasteiger partial charge is 0.373 e. The lowest BCUT2D eigenvalue weighted by Crippen LogP contribution is -2.53. The highest BCUT2D eigenvalue weighted by molar-refractivity contribution is 6.42. The van der Waals surface area contributed by atoms with Crippen molar-refractivity contribution in [3.05, 3.63) is 33.8 Å². The first-order valence-electron chi connectivity index (χ1n) is 11.7. The first kappa shape index (κ1) is 23.8. The van der Waals surface area contributed by atoms with E-state index in [9.17, 15) is 9.59 Å². The number of nitrogens with zero attached hydrogens (tertiary/aromatic N) is 3. The maximum Gasteiger partial charge on any atom is 0.253 e. The van der Waals surface area contributed by atoms with Crippen LogP contribution in [0.2, 0.25) is 10.0 Å². The molecule has 3 saturated heterocycles. The van der Waals surface area contributed by atoms with Gasteiger partial charge in [0.25, 0.3) is 5.91 Å². The Morgan fingerprint density at radius 1 is 1.00 bits per heavy atom. The number of carbonyl (C=O) groups excluding carboxylic acids is 2. The maximum absolute atomic E-state index is 13.5. The van der Waals surface area contributed by atoms with Crippen molar-refractivity contribution in [1.29, 1.82) is 0 Å². The lowest BCUT2D eigenvalue weighted by Gasteiger charge is -2.39. The molecule has 3 aliphatic rings. The van der Waals surface area contributed by atoms with Crippen LogP contribution in [0.15, 0.2) is 18.2 Å². The number of carbonyl (C=O) groups is 2. The first-order valence-corrected chi connectivity index (χ1v) is 12.5. The minimum atomic E-state index is -0.140. The van der Waals surface area contributed by atoms with Crippen LogP contribution in [0.25, 0.3) is 0 Å². The van der Waals surface area contributed by atoms with Crippen LogP contribution in [0.4, 0.5) is 0 Å². The summed E-state index contributed by atoms with van der Waals surface area (Å²) in [6.45, 7) is 8.90. The number of amides is 2. The molecule has 0 aromatic heterocycles. The second-order valence-corrected chi connectivity index (χ2v) is 10.3. The van der Waals surface area contributed by atoms with Gasteiger partial charge in [0.1, 0.15) is 0 Å². The zero-order chi connectivity index (χ0) is 22.8. The van der Waals surface area contributed by atoms with Gasteiger partial charge >= 0.3 is 0 Å². The third-order valence-electron chi connectivity index (χ3n) is 6.85. The molecular weight excluding hydrogens is 449 g/mol. The van der Waals surface area contributed by atoms with Gasteiger partial charge in [-0.15, -0.1) is 0 Å². The smallest absolute Gasteiger partial charge is 0.253 e. The maximum atomic E-state index is 13.5. The number of likely N-dealkylation sites (tertiary alicyclic amines) is 2. The summed E-state index contributed by atoms with van der Waals surface area (Å²) in [5.74, 6) is -0.0255. The highest BCUT2D eigenvalue weighted by atomic mass is 35.5. The summed E-state index contributed by atoms with van der Waals surface area (Å²) >= 11 is 12.1. The van der Waals surface area contributed by atoms with Gasteiger partial charge in [0, 0.05) is 50.9 Å². The lowest BCUT2D eigenvalue weighted by molar-refractivity contribution is -0.138. The summed E-state index contributed by atoms with van der Waals surface area (Å²) in [5, 5.41) is 0.799. The predicted octanol–water partition coefficient (Wildman–Crippen LogP) is 3.95. The fourth-order valence-electron chi connectivity index (χ4n) is 5.46. The highest BCUT2D eigenvalue weighted by Crippen LogP contribution is 2.28. The van der Waals surface area contributed by atoms with E-state index in [2.05, 4.69) is 23.6 Å². The fourth-order valence-corrected chi connectivity index (χ4v) is 5.75. The summed E-state index contributed by atoms with van der Waals surface area (Å²) in [6.07, 6.45) is 4.21. The molecule has 0 aliphatic carbocycles. The molecule has 0 unspecified atom stereocenters. The van der Waals surface area contributed by atoms with Crippen molar-refractivity contribution < 1.29 is 14.3 Å². The average molecular weight is 482 g/mol. The van der Waals surface area contributed by atoms with Gasteiger partial charge in [-0.2, -0.15) is 0 Å². The molecule has 3 aliphatic heterocycles. The Hall–Kier alpha value is -1.34. The molecule has 4 rings (SSSR count). The molecule has 1 aromatic rings. The Kier molecular flexibility index (Phi) is 7.65. The summed E-state index contributed by atoms with van der Waals surface area (Å²) in [7, 11) is 0. The summed E-state index contributed by atoms with van der Waals surface area (Å²) < 4.78 is 5.86. The number of morpholine rings is 1. The third kappa shape index (κ3) is 5.41. The molecule has 176 valence electrons. The van der Waals surface area contributed by atoms with Crippen molar-refractivity contribution in [3.8, 4) is 0 Å². The third-order valence-corrected chi connectivity index (χ3v) is 7.59. The monoisotopic (exact) mass is 481 g/mol. The molecule has 0 saturated carbocycles. The fraction of sp³-hybridized carbons (Fsp3) is 0.667. The van der Waals surface area contributed by atoms with Gasteiger partial charge in [-0.1, -0.05) is 23.2 Å². The zero-order valence-electron chi connectivity index (χ0n) is 18.9. The molecular formula is C24H33Cl2N3O3. The van der Waals surface area contributed by atoms with E-state index in [4.69, 9.17) is 27.9 Å². The normalized spacial score (nSPS) is 29.4. The molecule has 3 heterocycles. The van der Waals surface area contributed by atoms with Crippen molar-refractivity contribution in [2.24, 2.45) is 5.92 Å². The SMILES string of the molecule is C[C@@H]1CN(C[C@@H]2CCCN2C(=O)[C@H]2CCCN(C(=O)c3ccc(Cl)c(Cl)c3)C2)C[C@@H](C)O1. The molecule has 32 heavy (non-hydrogen) atoms. The van der Waals surface area contributed by atoms with Crippen molar-refractivity contribution in [1.82, 2.24) is 14.7 Å². The molecule has 3 fully saturated rings. The number of hydrogen-bond donors (Lipinski definition) is 0. The van der Waals surface area contributed by atoms with E-state index < -0.39 is 0 Å². The second kappa shape index (κ2) is 10.3. The number of hydrogen-bond acceptors (Lipinski definition) is 4. The van der Waals surface area contributed by atoms with E-state index in [1.807, 2.05) is 0 Å². The molecule has 8 heteroatoms. The Bertz CT molecular complexity index is 842. The molecule has 0 N–H and O–H groups in total. The Labute approximate surface area is 200 Å². The summed E-state index contributed by atoms with van der Waals surface area (Å²) in [4.78, 5) is 32.8. The van der Waals surface area contributed by atoms with Crippen LogP contribution in [0, 0.1) is 5.92 Å². The molecule has 6 nitrogen and oxygen atoms in total. The Morgan fingerprint density at radius 2 is 1.72 bits per heavy atom. The van der Waals surface area contributed by atoms with Crippen LogP contribution in [-0.4, -0.2) is 84.0 Å². The van der Waals surface area contributed by atoms with E-state index in [1.165, 1.54) is 0 Å². The van der Waals surface area contributed by atoms with E-state index in [0.29, 0.717) is 28.7 Å². The van der Waals surface area contributed by atoms with E-state index in [1.54, 1.807) is 23.1 Å². The van der Waals surface area contributed by atoms with E-state index in [-0.39, 0.29) is 36.0 Å². The van der Waals surface area contributed by atoms with Gasteiger partial charge in [0.2, 0.25) is 5.91 Å². The standard InChI is InChI=1S/C24H33Cl2N3O3/c1-16-12-27(13-17(2)32-16)15-20-6-4-10-29(20)24(31)19-5-3-9-28(14-19)23(30)18-7-8-21(25)22(26)11-18/h7-8,11,16-17,19-20H,3-6,9-10,12-15H2,1-2H3/t16-,17-,19+,20+/m1/s1. The van der Waals surface area contributed by atoms with Gasteiger partial charge in [-0.3, -0.25) is 14.5 Å². The Morgan fingerprint density at radius 3 is 2.44 bits per heavy atom. The number of rotatable bonds is 4. The van der Waals surface area contributed by atoms with Crippen molar-refractivity contribution in [2.75, 3.05) is 39.3 Å². The van der Waals surface area contributed by atoms with Crippen LogP contribution in [0.5, 0.6) is 0 Å². The highest BCUT2D eigenvalue weighted by Gasteiger charge is 2.37. The van der Waals surface area contributed by atoms with Crippen LogP contribution in [0.3, 0.4) is 0 Å². The van der Waals surface area contributed by atoms with Crippen LogP contribution in [0.1, 0.15) is 49.9 Å². The quantitative estimate of drug-likeness (QED) is 0.653. The van der Waals surface area contributed by atoms with Crippen LogP contribution < -0.4 is 0 Å². The van der Waals surface area contributed by atoms with E-state index >= 15 is 0 Å². The number of ether oxygens (including phenoxy) is 1. The van der Waals surface area contributed by atoms with Crippen molar-refractivity contribution in [3.63, 3.8) is 0 Å². The topological polar surface area (TPSA) is 53.1 Å². The van der Waals surface area contributed by atoms with Crippen LogP contribution in [-0.2, 0) is 9.53 Å². The van der Waals surface area contributed by atoms with Crippen molar-refractivity contribution in [2.45, 2.75) is 57.8 Å². The number of benzene rings is 1. The van der Waals surface area contributed by atoms with E-state index in [0.717, 1.165) is 51.9 Å². The predicted molar refractivity (Wildman–Crippen MR) is 126 cm³/mol. The minimum Gasteiger partial charge on any atom is -0.373 e. The minimum absolute atomic E-state index is 0.0877.